The summed E-state index contributed by atoms with van der Waals surface area (Å²) in [5.41, 5.74) is 1.07. The Morgan fingerprint density at radius 3 is 3.12 bits per heavy atom. The summed E-state index contributed by atoms with van der Waals surface area (Å²) in [4.78, 5) is 25.2. The summed E-state index contributed by atoms with van der Waals surface area (Å²) < 4.78 is 6.39. The van der Waals surface area contributed by atoms with Crippen LogP contribution < -0.4 is 10.6 Å². The Morgan fingerprint density at radius 1 is 1.48 bits per heavy atom. The molecule has 136 valence electrons. The highest BCUT2D eigenvalue weighted by molar-refractivity contribution is 5.83. The normalized spacial score (nSPS) is 33.4. The minimum Gasteiger partial charge on any atom is -0.370 e. The number of carbonyl (C=O) groups excluding carboxylic acids is 2. The second-order valence-electron chi connectivity index (χ2n) is 7.50. The molecular formula is C17H25N5O3. The minimum atomic E-state index is -0.192. The van der Waals surface area contributed by atoms with Crippen LogP contribution in [0.25, 0.3) is 0 Å². The van der Waals surface area contributed by atoms with Crippen LogP contribution in [-0.2, 0) is 20.9 Å². The van der Waals surface area contributed by atoms with Crippen LogP contribution in [0.3, 0.4) is 0 Å². The minimum absolute atomic E-state index is 0.0370. The zero-order chi connectivity index (χ0) is 17.4. The van der Waals surface area contributed by atoms with Gasteiger partial charge >= 0.3 is 0 Å². The number of aromatic nitrogens is 2. The van der Waals surface area contributed by atoms with Crippen LogP contribution in [0, 0.1) is 11.8 Å². The quantitative estimate of drug-likeness (QED) is 0.653. The maximum atomic E-state index is 11.9. The predicted molar refractivity (Wildman–Crippen MR) is 89.4 cm³/mol. The molecule has 1 aromatic rings. The monoisotopic (exact) mass is 347 g/mol. The highest BCUT2D eigenvalue weighted by Crippen LogP contribution is 2.54. The molecule has 8 nitrogen and oxygen atoms in total. The summed E-state index contributed by atoms with van der Waals surface area (Å²) >= 11 is 0. The van der Waals surface area contributed by atoms with Gasteiger partial charge < -0.3 is 15.4 Å². The Kier molecular flexibility index (Phi) is 4.24. The zero-order valence-electron chi connectivity index (χ0n) is 14.5. The van der Waals surface area contributed by atoms with Crippen molar-refractivity contribution in [2.75, 3.05) is 26.2 Å². The van der Waals surface area contributed by atoms with E-state index in [1.165, 1.54) is 6.92 Å². The Labute approximate surface area is 146 Å². The van der Waals surface area contributed by atoms with E-state index < -0.39 is 0 Å². The second kappa shape index (κ2) is 6.42. The first-order valence-electron chi connectivity index (χ1n) is 8.95. The summed E-state index contributed by atoms with van der Waals surface area (Å²) in [5.74, 6) is 0.471. The highest BCUT2D eigenvalue weighted by Gasteiger charge is 2.62. The van der Waals surface area contributed by atoms with Gasteiger partial charge in [0, 0.05) is 56.8 Å². The second-order valence-corrected chi connectivity index (χ2v) is 7.50. The van der Waals surface area contributed by atoms with Gasteiger partial charge in [-0.25, -0.2) is 0 Å². The van der Waals surface area contributed by atoms with Crippen molar-refractivity contribution < 1.29 is 14.3 Å². The van der Waals surface area contributed by atoms with Gasteiger partial charge in [0.25, 0.3) is 0 Å². The standard InChI is InChI=1S/C17H25N5O3/c1-11(23)18-7-16(24)19-6-13-14-9-22(8-12-3-5-20-21-12)10-17(14)4-2-15(13)25-17/h3,5,13-15H,2,4,6-10H2,1H3,(H,18,23)(H,19,24)(H,20,21)/t13-,14+,15+,17+/m0/s1. The van der Waals surface area contributed by atoms with Crippen molar-refractivity contribution in [1.82, 2.24) is 25.7 Å². The van der Waals surface area contributed by atoms with Crippen LogP contribution in [0.1, 0.15) is 25.5 Å². The van der Waals surface area contributed by atoms with Gasteiger partial charge in [0.15, 0.2) is 0 Å². The van der Waals surface area contributed by atoms with Crippen molar-refractivity contribution in [3.8, 4) is 0 Å². The van der Waals surface area contributed by atoms with E-state index in [0.717, 1.165) is 38.2 Å². The fourth-order valence-electron chi connectivity index (χ4n) is 4.79. The molecule has 4 atom stereocenters. The van der Waals surface area contributed by atoms with Crippen LogP contribution in [0.2, 0.25) is 0 Å². The maximum absolute atomic E-state index is 11.9. The van der Waals surface area contributed by atoms with Gasteiger partial charge in [-0.1, -0.05) is 0 Å². The molecule has 3 aliphatic heterocycles. The lowest BCUT2D eigenvalue weighted by molar-refractivity contribution is -0.125. The molecule has 4 rings (SSSR count). The number of rotatable bonds is 6. The zero-order valence-corrected chi connectivity index (χ0v) is 14.5. The number of nitrogens with zero attached hydrogens (tertiary/aromatic N) is 2. The molecule has 0 aliphatic carbocycles. The van der Waals surface area contributed by atoms with E-state index in [-0.39, 0.29) is 30.1 Å². The van der Waals surface area contributed by atoms with Gasteiger partial charge in [0.2, 0.25) is 11.8 Å². The maximum Gasteiger partial charge on any atom is 0.239 e. The number of likely N-dealkylation sites (tertiary alicyclic amines) is 1. The van der Waals surface area contributed by atoms with Gasteiger partial charge in [-0.2, -0.15) is 5.10 Å². The molecule has 3 saturated heterocycles. The molecule has 0 saturated carbocycles. The van der Waals surface area contributed by atoms with Gasteiger partial charge in [0.05, 0.1) is 18.2 Å². The highest BCUT2D eigenvalue weighted by atomic mass is 16.5. The average Bonchev–Trinajstić information content (AvgIpc) is 3.32. The van der Waals surface area contributed by atoms with Crippen molar-refractivity contribution in [2.24, 2.45) is 11.8 Å². The third-order valence-corrected chi connectivity index (χ3v) is 5.84. The number of hydrogen-bond acceptors (Lipinski definition) is 5. The molecule has 3 aliphatic rings. The number of H-pyrrole nitrogens is 1. The third-order valence-electron chi connectivity index (χ3n) is 5.84. The number of amides is 2. The Morgan fingerprint density at radius 2 is 2.36 bits per heavy atom. The first kappa shape index (κ1) is 16.5. The van der Waals surface area contributed by atoms with Gasteiger partial charge in [-0.15, -0.1) is 0 Å². The van der Waals surface area contributed by atoms with E-state index in [1.54, 1.807) is 6.20 Å². The smallest absolute Gasteiger partial charge is 0.239 e. The number of carbonyl (C=O) groups is 2. The summed E-state index contributed by atoms with van der Waals surface area (Å²) in [6.07, 6.45) is 4.21. The van der Waals surface area contributed by atoms with Crippen LogP contribution in [-0.4, -0.2) is 64.8 Å². The van der Waals surface area contributed by atoms with Crippen LogP contribution >= 0.6 is 0 Å². The van der Waals surface area contributed by atoms with E-state index in [1.807, 2.05) is 6.07 Å². The van der Waals surface area contributed by atoms with Crippen molar-refractivity contribution in [3.63, 3.8) is 0 Å². The van der Waals surface area contributed by atoms with E-state index >= 15 is 0 Å². The molecule has 1 spiro atoms. The molecule has 0 unspecified atom stereocenters. The summed E-state index contributed by atoms with van der Waals surface area (Å²) in [5, 5.41) is 12.5. The van der Waals surface area contributed by atoms with Gasteiger partial charge in [-0.05, 0) is 18.9 Å². The SMILES string of the molecule is CC(=O)NCC(=O)NC[C@H]1[C@H]2CN(Cc3ccn[nH]3)C[C@]23CC[C@H]1O3. The number of fused-ring (bicyclic) bond motifs is 1. The van der Waals surface area contributed by atoms with Gasteiger partial charge in [0.1, 0.15) is 0 Å². The van der Waals surface area contributed by atoms with Crippen molar-refractivity contribution in [3.05, 3.63) is 18.0 Å². The average molecular weight is 347 g/mol. The van der Waals surface area contributed by atoms with E-state index in [2.05, 4.69) is 25.7 Å². The molecule has 25 heavy (non-hydrogen) atoms. The largest absolute Gasteiger partial charge is 0.370 e. The fraction of sp³-hybridized carbons (Fsp3) is 0.706. The van der Waals surface area contributed by atoms with E-state index in [4.69, 9.17) is 4.74 Å². The lowest BCUT2D eigenvalue weighted by atomic mass is 9.73. The summed E-state index contributed by atoms with van der Waals surface area (Å²) in [6.45, 7) is 4.86. The topological polar surface area (TPSA) is 99.4 Å². The predicted octanol–water partition coefficient (Wildman–Crippen LogP) is -0.359. The van der Waals surface area contributed by atoms with Crippen molar-refractivity contribution >= 4 is 11.8 Å². The van der Waals surface area contributed by atoms with Crippen molar-refractivity contribution in [2.45, 2.75) is 38.0 Å². The summed E-state index contributed by atoms with van der Waals surface area (Å²) in [7, 11) is 0. The first-order chi connectivity index (χ1) is 12.1. The molecule has 3 fully saturated rings. The molecule has 2 amide bonds. The lowest BCUT2D eigenvalue weighted by Gasteiger charge is -2.29. The number of hydrogen-bond donors (Lipinski definition) is 3. The molecule has 2 bridgehead atoms. The lowest BCUT2D eigenvalue weighted by Crippen LogP contribution is -2.44. The molecule has 8 heteroatoms. The number of ether oxygens (including phenoxy) is 1. The van der Waals surface area contributed by atoms with E-state index in [0.29, 0.717) is 18.4 Å². The number of aromatic amines is 1. The molecule has 4 heterocycles. The first-order valence-corrected chi connectivity index (χ1v) is 8.95. The number of nitrogens with one attached hydrogen (secondary N) is 3. The van der Waals surface area contributed by atoms with E-state index in [9.17, 15) is 9.59 Å². The molecule has 3 N–H and O–H groups in total. The van der Waals surface area contributed by atoms with Crippen LogP contribution in [0.4, 0.5) is 0 Å². The van der Waals surface area contributed by atoms with Crippen LogP contribution in [0.15, 0.2) is 12.3 Å². The molecule has 0 radical (unpaired) electrons. The molecular weight excluding hydrogens is 322 g/mol. The van der Waals surface area contributed by atoms with Gasteiger partial charge in [-0.3, -0.25) is 19.6 Å². The Hall–Kier alpha value is -1.93. The fourth-order valence-corrected chi connectivity index (χ4v) is 4.79. The molecule has 0 aromatic carbocycles. The third kappa shape index (κ3) is 3.16. The Bertz CT molecular complexity index is 649. The molecule has 1 aromatic heterocycles. The Balaban J connectivity index is 1.35. The van der Waals surface area contributed by atoms with Crippen LogP contribution in [0.5, 0.6) is 0 Å². The summed E-state index contributed by atoms with van der Waals surface area (Å²) in [6, 6.07) is 2.00. The van der Waals surface area contributed by atoms with Crippen molar-refractivity contribution in [1.29, 1.82) is 0 Å².